The lowest BCUT2D eigenvalue weighted by atomic mass is 10.0. The van der Waals surface area contributed by atoms with Crippen LogP contribution in [0.5, 0.6) is 0 Å². The molecule has 2 N–H and O–H groups in total. The number of rotatable bonds is 6. The third kappa shape index (κ3) is 3.57. The molecule has 0 aliphatic carbocycles. The highest BCUT2D eigenvalue weighted by Gasteiger charge is 2.24. The standard InChI is InChI=1S/C19H17ClN2O3/c20-14-7-5-13(6-8-14)16-12-15-4-1-2-10-22(15)17(16)18(24)19(25)21-9-3-11-23/h1-2,4-8,10,12,23H,3,9,11H2,(H,21,25). The van der Waals surface area contributed by atoms with Crippen molar-refractivity contribution in [2.45, 2.75) is 6.42 Å². The molecule has 25 heavy (non-hydrogen) atoms. The van der Waals surface area contributed by atoms with E-state index in [4.69, 9.17) is 16.7 Å². The largest absolute Gasteiger partial charge is 0.396 e. The molecule has 0 unspecified atom stereocenters. The van der Waals surface area contributed by atoms with Gasteiger partial charge in [-0.1, -0.05) is 29.8 Å². The number of hydrogen-bond acceptors (Lipinski definition) is 3. The summed E-state index contributed by atoms with van der Waals surface area (Å²) in [6, 6.07) is 14.5. The van der Waals surface area contributed by atoms with Crippen LogP contribution in [0.2, 0.25) is 5.02 Å². The number of nitrogens with zero attached hydrogens (tertiary/aromatic N) is 1. The van der Waals surface area contributed by atoms with Crippen molar-refractivity contribution in [3.05, 3.63) is 65.4 Å². The Labute approximate surface area is 149 Å². The van der Waals surface area contributed by atoms with Crippen LogP contribution in [0, 0.1) is 0 Å². The molecule has 0 saturated carbocycles. The smallest absolute Gasteiger partial charge is 0.294 e. The summed E-state index contributed by atoms with van der Waals surface area (Å²) in [7, 11) is 0. The number of fused-ring (bicyclic) bond motifs is 1. The molecule has 3 aromatic rings. The van der Waals surface area contributed by atoms with Gasteiger partial charge in [-0.15, -0.1) is 0 Å². The highest BCUT2D eigenvalue weighted by Crippen LogP contribution is 2.29. The number of carbonyl (C=O) groups excluding carboxylic acids is 2. The van der Waals surface area contributed by atoms with E-state index in [1.807, 2.05) is 30.3 Å². The maximum atomic E-state index is 12.8. The Kier molecular flexibility index (Phi) is 5.16. The number of amides is 1. The van der Waals surface area contributed by atoms with Crippen molar-refractivity contribution in [3.8, 4) is 11.1 Å². The van der Waals surface area contributed by atoms with Gasteiger partial charge in [0.05, 0.1) is 0 Å². The van der Waals surface area contributed by atoms with Gasteiger partial charge in [-0.2, -0.15) is 0 Å². The fourth-order valence-electron chi connectivity index (χ4n) is 2.67. The van der Waals surface area contributed by atoms with E-state index in [9.17, 15) is 9.59 Å². The third-order valence-corrected chi connectivity index (χ3v) is 4.13. The van der Waals surface area contributed by atoms with Crippen LogP contribution in [0.3, 0.4) is 0 Å². The molecule has 0 radical (unpaired) electrons. The second-order valence-corrected chi connectivity index (χ2v) is 6.01. The highest BCUT2D eigenvalue weighted by atomic mass is 35.5. The van der Waals surface area contributed by atoms with Crippen LogP contribution in [-0.2, 0) is 4.79 Å². The summed E-state index contributed by atoms with van der Waals surface area (Å²) in [5, 5.41) is 11.9. The monoisotopic (exact) mass is 356 g/mol. The molecule has 0 aliphatic heterocycles. The normalized spacial score (nSPS) is 10.8. The molecule has 6 heteroatoms. The Morgan fingerprint density at radius 1 is 1.12 bits per heavy atom. The molecule has 0 spiro atoms. The molecule has 0 saturated heterocycles. The van der Waals surface area contributed by atoms with Crippen molar-refractivity contribution in [3.63, 3.8) is 0 Å². The minimum absolute atomic E-state index is 0.0431. The topological polar surface area (TPSA) is 70.8 Å². The van der Waals surface area contributed by atoms with E-state index in [0.717, 1.165) is 11.1 Å². The zero-order valence-corrected chi connectivity index (χ0v) is 14.2. The number of Topliss-reactive ketones (excluding diaryl/α,β-unsaturated/α-hetero) is 1. The van der Waals surface area contributed by atoms with E-state index in [1.165, 1.54) is 0 Å². The molecule has 128 valence electrons. The van der Waals surface area contributed by atoms with E-state index in [1.54, 1.807) is 28.8 Å². The number of halogens is 1. The molecule has 0 atom stereocenters. The third-order valence-electron chi connectivity index (χ3n) is 3.88. The van der Waals surface area contributed by atoms with Crippen molar-refractivity contribution >= 4 is 28.8 Å². The average Bonchev–Trinajstić information content (AvgIpc) is 3.01. The molecule has 2 heterocycles. The molecule has 1 aromatic carbocycles. The minimum Gasteiger partial charge on any atom is -0.396 e. The van der Waals surface area contributed by atoms with Crippen LogP contribution in [0.1, 0.15) is 16.9 Å². The first-order valence-electron chi connectivity index (χ1n) is 7.91. The molecule has 3 rings (SSSR count). The number of aromatic nitrogens is 1. The van der Waals surface area contributed by atoms with E-state index in [-0.39, 0.29) is 13.2 Å². The lowest BCUT2D eigenvalue weighted by Crippen LogP contribution is -2.33. The molecular weight excluding hydrogens is 340 g/mol. The average molecular weight is 357 g/mol. The Balaban J connectivity index is 2.06. The summed E-state index contributed by atoms with van der Waals surface area (Å²) in [4.78, 5) is 25.0. The van der Waals surface area contributed by atoms with Crippen LogP contribution < -0.4 is 5.32 Å². The lowest BCUT2D eigenvalue weighted by Gasteiger charge is -2.07. The first-order valence-corrected chi connectivity index (χ1v) is 8.29. The van der Waals surface area contributed by atoms with Gasteiger partial charge < -0.3 is 14.8 Å². The molecule has 0 aliphatic rings. The zero-order chi connectivity index (χ0) is 17.8. The maximum Gasteiger partial charge on any atom is 0.294 e. The van der Waals surface area contributed by atoms with Crippen molar-refractivity contribution in [2.24, 2.45) is 0 Å². The van der Waals surface area contributed by atoms with Gasteiger partial charge in [0.15, 0.2) is 0 Å². The van der Waals surface area contributed by atoms with Crippen molar-refractivity contribution < 1.29 is 14.7 Å². The van der Waals surface area contributed by atoms with Crippen molar-refractivity contribution in [2.75, 3.05) is 13.2 Å². The van der Waals surface area contributed by atoms with Gasteiger partial charge in [-0.25, -0.2) is 0 Å². The minimum atomic E-state index is -0.687. The Bertz CT molecular complexity index is 916. The van der Waals surface area contributed by atoms with Crippen LogP contribution in [0.15, 0.2) is 54.7 Å². The first-order chi connectivity index (χ1) is 12.1. The van der Waals surface area contributed by atoms with Gasteiger partial charge in [-0.05, 0) is 42.3 Å². The van der Waals surface area contributed by atoms with Gasteiger partial charge >= 0.3 is 0 Å². The number of ketones is 1. The van der Waals surface area contributed by atoms with Crippen LogP contribution in [-0.4, -0.2) is 34.3 Å². The van der Waals surface area contributed by atoms with Crippen LogP contribution in [0.25, 0.3) is 16.6 Å². The molecule has 0 bridgehead atoms. The van der Waals surface area contributed by atoms with Crippen molar-refractivity contribution in [1.82, 2.24) is 9.72 Å². The molecular formula is C19H17ClN2O3. The summed E-state index contributed by atoms with van der Waals surface area (Å²) in [6.45, 7) is 0.208. The van der Waals surface area contributed by atoms with Crippen molar-refractivity contribution in [1.29, 1.82) is 0 Å². The summed E-state index contributed by atoms with van der Waals surface area (Å²) in [6.07, 6.45) is 2.15. The van der Waals surface area contributed by atoms with E-state index in [2.05, 4.69) is 5.32 Å². The molecule has 0 fully saturated rings. The van der Waals surface area contributed by atoms with Crippen LogP contribution in [0.4, 0.5) is 0 Å². The van der Waals surface area contributed by atoms with Gasteiger partial charge in [0.2, 0.25) is 0 Å². The maximum absolute atomic E-state index is 12.8. The fraction of sp³-hybridized carbons (Fsp3) is 0.158. The Morgan fingerprint density at radius 3 is 2.60 bits per heavy atom. The summed E-state index contributed by atoms with van der Waals surface area (Å²) in [5.41, 5.74) is 2.60. The predicted molar refractivity (Wildman–Crippen MR) is 96.9 cm³/mol. The molecule has 5 nitrogen and oxygen atoms in total. The second kappa shape index (κ2) is 7.51. The van der Waals surface area contributed by atoms with Gasteiger partial charge in [0.25, 0.3) is 11.7 Å². The number of hydrogen-bond donors (Lipinski definition) is 2. The SMILES string of the molecule is O=C(NCCCO)C(=O)c1c(-c2ccc(Cl)cc2)cc2ccccn12. The quantitative estimate of drug-likeness (QED) is 0.405. The zero-order valence-electron chi connectivity index (χ0n) is 13.4. The van der Waals surface area contributed by atoms with E-state index >= 15 is 0 Å². The highest BCUT2D eigenvalue weighted by molar-refractivity contribution is 6.43. The fourth-order valence-corrected chi connectivity index (χ4v) is 2.80. The second-order valence-electron chi connectivity index (χ2n) is 5.57. The number of aliphatic hydroxyl groups is 1. The van der Waals surface area contributed by atoms with E-state index in [0.29, 0.717) is 22.7 Å². The van der Waals surface area contributed by atoms with E-state index < -0.39 is 11.7 Å². The van der Waals surface area contributed by atoms with Gasteiger partial charge in [-0.3, -0.25) is 9.59 Å². The summed E-state index contributed by atoms with van der Waals surface area (Å²) < 4.78 is 1.71. The predicted octanol–water partition coefficient (Wildman–Crippen LogP) is 2.94. The molecule has 1 amide bonds. The number of aliphatic hydroxyl groups excluding tert-OH is 1. The number of benzene rings is 1. The van der Waals surface area contributed by atoms with Crippen LogP contribution >= 0.6 is 11.6 Å². The van der Waals surface area contributed by atoms with Gasteiger partial charge in [0, 0.05) is 35.5 Å². The lowest BCUT2D eigenvalue weighted by molar-refractivity contribution is -0.117. The number of carbonyl (C=O) groups is 2. The Hall–Kier alpha value is -2.63. The molecule has 2 aromatic heterocycles. The summed E-state index contributed by atoms with van der Waals surface area (Å²) in [5.74, 6) is -1.30. The Morgan fingerprint density at radius 2 is 1.88 bits per heavy atom. The number of nitrogens with one attached hydrogen (secondary N) is 1. The first kappa shape index (κ1) is 17.2. The number of pyridine rings is 1. The van der Waals surface area contributed by atoms with Gasteiger partial charge in [0.1, 0.15) is 5.69 Å². The summed E-state index contributed by atoms with van der Waals surface area (Å²) >= 11 is 5.94.